The Kier molecular flexibility index (Phi) is 1.48. The van der Waals surface area contributed by atoms with Gasteiger partial charge in [-0.3, -0.25) is 15.7 Å². The first-order valence-electron chi connectivity index (χ1n) is 2.98. The highest BCUT2D eigenvalue weighted by Crippen LogP contribution is 2.07. The zero-order valence-electron chi connectivity index (χ0n) is 5.72. The van der Waals surface area contributed by atoms with E-state index in [1.807, 2.05) is 6.92 Å². The molecule has 1 atom stereocenters. The van der Waals surface area contributed by atoms with Crippen molar-refractivity contribution in [3.8, 4) is 0 Å². The van der Waals surface area contributed by atoms with Crippen LogP contribution in [0.1, 0.15) is 6.92 Å². The average Bonchev–Trinajstić information content (AvgIpc) is 2.10. The molecule has 1 rings (SSSR count). The molecule has 0 saturated carbocycles. The summed E-state index contributed by atoms with van der Waals surface area (Å²) in [7, 11) is 0. The van der Waals surface area contributed by atoms with E-state index in [-0.39, 0.29) is 18.1 Å². The van der Waals surface area contributed by atoms with Gasteiger partial charge in [-0.05, 0) is 6.92 Å². The highest BCUT2D eigenvalue weighted by Gasteiger charge is 2.26. The number of rotatable bonds is 0. The Labute approximate surface area is 58.8 Å². The van der Waals surface area contributed by atoms with Crippen molar-refractivity contribution in [2.75, 3.05) is 6.54 Å². The smallest absolute Gasteiger partial charge is 0.291 e. The molecule has 1 saturated heterocycles. The van der Waals surface area contributed by atoms with Crippen LogP contribution in [-0.4, -0.2) is 29.5 Å². The first kappa shape index (κ1) is 6.85. The summed E-state index contributed by atoms with van der Waals surface area (Å²) in [4.78, 5) is 1.31. The number of nitrogens with zero attached hydrogens (tertiary/aromatic N) is 1. The van der Waals surface area contributed by atoms with E-state index >= 15 is 0 Å². The number of nitrogens with one attached hydrogen (secondary N) is 2. The van der Waals surface area contributed by atoms with Crippen LogP contribution in [0.4, 0.5) is 0 Å². The van der Waals surface area contributed by atoms with Crippen LogP contribution in [0.25, 0.3) is 0 Å². The van der Waals surface area contributed by atoms with Crippen LogP contribution in [0.15, 0.2) is 0 Å². The van der Waals surface area contributed by atoms with Crippen LogP contribution in [0, 0.1) is 10.8 Å². The molecule has 56 valence electrons. The lowest BCUT2D eigenvalue weighted by Gasteiger charge is -2.09. The topological polar surface area (TPSA) is 86.2 Å². The van der Waals surface area contributed by atoms with Crippen LogP contribution in [0.5, 0.6) is 0 Å². The fourth-order valence-corrected chi connectivity index (χ4v) is 0.839. The Morgan fingerprint density at radius 1 is 1.90 bits per heavy atom. The van der Waals surface area contributed by atoms with Gasteiger partial charge in [0.1, 0.15) is 6.10 Å². The van der Waals surface area contributed by atoms with Crippen molar-refractivity contribution in [1.29, 1.82) is 10.8 Å². The van der Waals surface area contributed by atoms with E-state index in [1.54, 1.807) is 0 Å². The predicted octanol–water partition coefficient (Wildman–Crippen LogP) is -0.465. The highest BCUT2D eigenvalue weighted by molar-refractivity contribution is 5.93. The lowest BCUT2D eigenvalue weighted by molar-refractivity contribution is 0.250. The molecule has 0 aromatic heterocycles. The van der Waals surface area contributed by atoms with Gasteiger partial charge in [-0.15, -0.1) is 0 Å². The number of nitrogens with two attached hydrogens (primary N) is 1. The molecule has 0 aliphatic carbocycles. The first-order valence-corrected chi connectivity index (χ1v) is 2.98. The Morgan fingerprint density at radius 2 is 2.50 bits per heavy atom. The molecule has 1 unspecified atom stereocenters. The molecule has 1 aliphatic heterocycles. The van der Waals surface area contributed by atoms with Crippen molar-refractivity contribution >= 4 is 12.0 Å². The zero-order chi connectivity index (χ0) is 7.72. The van der Waals surface area contributed by atoms with E-state index in [0.717, 1.165) is 0 Å². The minimum atomic E-state index is -0.130. The van der Waals surface area contributed by atoms with Crippen molar-refractivity contribution in [1.82, 2.24) is 4.90 Å². The van der Waals surface area contributed by atoms with Gasteiger partial charge >= 0.3 is 0 Å². The molecular formula is C5H10N4O. The van der Waals surface area contributed by atoms with Gasteiger partial charge in [0, 0.05) is 0 Å². The summed E-state index contributed by atoms with van der Waals surface area (Å²) in [6.45, 7) is 2.34. The molecule has 0 aromatic rings. The van der Waals surface area contributed by atoms with Crippen LogP contribution in [-0.2, 0) is 4.74 Å². The fraction of sp³-hybridized carbons (Fsp3) is 0.600. The summed E-state index contributed by atoms with van der Waals surface area (Å²) >= 11 is 0. The maximum Gasteiger partial charge on any atom is 0.291 e. The van der Waals surface area contributed by atoms with Crippen molar-refractivity contribution in [3.63, 3.8) is 0 Å². The first-order chi connectivity index (χ1) is 4.61. The van der Waals surface area contributed by atoms with E-state index < -0.39 is 0 Å². The minimum absolute atomic E-state index is 0.0278. The molecule has 10 heavy (non-hydrogen) atoms. The van der Waals surface area contributed by atoms with Gasteiger partial charge in [-0.2, -0.15) is 0 Å². The van der Waals surface area contributed by atoms with Gasteiger partial charge in [0.2, 0.25) is 0 Å². The monoisotopic (exact) mass is 142 g/mol. The summed E-state index contributed by atoms with van der Waals surface area (Å²) < 4.78 is 4.92. The zero-order valence-corrected chi connectivity index (χ0v) is 5.72. The molecule has 5 heteroatoms. The number of guanidine groups is 1. The van der Waals surface area contributed by atoms with Gasteiger partial charge in [0.25, 0.3) is 6.02 Å². The Morgan fingerprint density at radius 3 is 2.70 bits per heavy atom. The maximum atomic E-state index is 7.15. The summed E-state index contributed by atoms with van der Waals surface area (Å²) in [5.41, 5.74) is 5.14. The van der Waals surface area contributed by atoms with Gasteiger partial charge in [0.15, 0.2) is 5.96 Å². The Bertz CT molecular complexity index is 178. The number of hydrogen-bond donors (Lipinski definition) is 3. The van der Waals surface area contributed by atoms with E-state index in [0.29, 0.717) is 6.54 Å². The highest BCUT2D eigenvalue weighted by atomic mass is 16.5. The molecular weight excluding hydrogens is 132 g/mol. The molecule has 4 N–H and O–H groups in total. The number of amidine groups is 1. The standard InChI is InChI=1S/C5H10N4O/c1-3-2-9(4(6)7)5(8)10-3/h3,8H,2H2,1H3,(H3,6,7). The predicted molar refractivity (Wildman–Crippen MR) is 36.9 cm³/mol. The molecule has 5 nitrogen and oxygen atoms in total. The van der Waals surface area contributed by atoms with E-state index in [4.69, 9.17) is 21.3 Å². The van der Waals surface area contributed by atoms with Gasteiger partial charge in [-0.1, -0.05) is 0 Å². The molecule has 1 fully saturated rings. The summed E-state index contributed by atoms with van der Waals surface area (Å²) in [6, 6.07) is -0.0278. The second-order valence-corrected chi connectivity index (χ2v) is 2.23. The van der Waals surface area contributed by atoms with Gasteiger partial charge in [-0.25, -0.2) is 0 Å². The van der Waals surface area contributed by atoms with Crippen molar-refractivity contribution < 1.29 is 4.74 Å². The van der Waals surface area contributed by atoms with Crippen LogP contribution < -0.4 is 5.73 Å². The molecule has 0 amide bonds. The van der Waals surface area contributed by atoms with Crippen LogP contribution >= 0.6 is 0 Å². The normalized spacial score (nSPS) is 24.7. The van der Waals surface area contributed by atoms with E-state index in [2.05, 4.69) is 0 Å². The number of ether oxygens (including phenoxy) is 1. The number of hydrogen-bond acceptors (Lipinski definition) is 3. The van der Waals surface area contributed by atoms with Crippen LogP contribution in [0.2, 0.25) is 0 Å². The second-order valence-electron chi connectivity index (χ2n) is 2.23. The summed E-state index contributed by atoms with van der Waals surface area (Å²) in [5, 5.41) is 14.1. The molecule has 0 aromatic carbocycles. The fourth-order valence-electron chi connectivity index (χ4n) is 0.839. The molecule has 0 spiro atoms. The minimum Gasteiger partial charge on any atom is -0.460 e. The lowest BCUT2D eigenvalue weighted by atomic mass is 10.4. The van der Waals surface area contributed by atoms with E-state index in [1.165, 1.54) is 4.90 Å². The maximum absolute atomic E-state index is 7.15. The molecule has 1 aliphatic rings. The van der Waals surface area contributed by atoms with Gasteiger partial charge in [0.05, 0.1) is 6.54 Å². The van der Waals surface area contributed by atoms with Crippen molar-refractivity contribution in [2.45, 2.75) is 13.0 Å². The van der Waals surface area contributed by atoms with Crippen LogP contribution in [0.3, 0.4) is 0 Å². The lowest BCUT2D eigenvalue weighted by Crippen LogP contribution is -2.37. The Balaban J connectivity index is 2.63. The van der Waals surface area contributed by atoms with Gasteiger partial charge < -0.3 is 10.5 Å². The largest absolute Gasteiger partial charge is 0.460 e. The summed E-state index contributed by atoms with van der Waals surface area (Å²) in [5.74, 6) is -0.130. The van der Waals surface area contributed by atoms with Crippen molar-refractivity contribution in [2.24, 2.45) is 5.73 Å². The van der Waals surface area contributed by atoms with E-state index in [9.17, 15) is 0 Å². The molecule has 0 bridgehead atoms. The molecule has 0 radical (unpaired) electrons. The Hall–Kier alpha value is -1.26. The third-order valence-corrected chi connectivity index (χ3v) is 1.29. The third kappa shape index (κ3) is 1.02. The quantitative estimate of drug-likeness (QED) is 0.316. The average molecular weight is 142 g/mol. The van der Waals surface area contributed by atoms with Crippen molar-refractivity contribution in [3.05, 3.63) is 0 Å². The second kappa shape index (κ2) is 2.17. The third-order valence-electron chi connectivity index (χ3n) is 1.29. The molecule has 1 heterocycles. The summed E-state index contributed by atoms with van der Waals surface area (Å²) in [6.07, 6.45) is -0.0311. The SMILES string of the molecule is CC1CN(C(=N)N)C(=N)O1.